The van der Waals surface area contributed by atoms with Crippen LogP contribution < -0.4 is 10.6 Å². The van der Waals surface area contributed by atoms with E-state index in [9.17, 15) is 14.9 Å². The van der Waals surface area contributed by atoms with E-state index in [4.69, 9.17) is 23.8 Å². The van der Waals surface area contributed by atoms with Gasteiger partial charge in [0.2, 0.25) is 0 Å². The highest BCUT2D eigenvalue weighted by atomic mass is 35.5. The molecule has 0 fully saturated rings. The van der Waals surface area contributed by atoms with E-state index in [2.05, 4.69) is 10.6 Å². The molecule has 0 saturated carbocycles. The molecule has 0 aliphatic heterocycles. The molecule has 1 amide bonds. The van der Waals surface area contributed by atoms with Crippen LogP contribution >= 0.6 is 23.8 Å². The number of hydrogen-bond acceptors (Lipinski definition) is 4. The Morgan fingerprint density at radius 2 is 1.77 bits per heavy atom. The van der Waals surface area contributed by atoms with E-state index in [1.807, 2.05) is 0 Å². The lowest BCUT2D eigenvalue weighted by molar-refractivity contribution is -0.384. The molecule has 22 heavy (non-hydrogen) atoms. The molecule has 2 aromatic rings. The number of amides is 1. The van der Waals surface area contributed by atoms with Gasteiger partial charge < -0.3 is 5.32 Å². The minimum atomic E-state index is -0.499. The third-order valence-electron chi connectivity index (χ3n) is 2.68. The van der Waals surface area contributed by atoms with Crippen molar-refractivity contribution in [2.24, 2.45) is 0 Å². The first-order valence-corrected chi connectivity index (χ1v) is 6.87. The molecule has 0 aliphatic rings. The van der Waals surface area contributed by atoms with Crippen LogP contribution in [0.25, 0.3) is 0 Å². The second-order valence-corrected chi connectivity index (χ2v) is 5.01. The molecule has 2 N–H and O–H groups in total. The summed E-state index contributed by atoms with van der Waals surface area (Å²) in [6.45, 7) is 0. The summed E-state index contributed by atoms with van der Waals surface area (Å²) < 4.78 is 0. The van der Waals surface area contributed by atoms with Gasteiger partial charge in [0.1, 0.15) is 0 Å². The smallest absolute Gasteiger partial charge is 0.269 e. The molecule has 0 unspecified atom stereocenters. The highest BCUT2D eigenvalue weighted by molar-refractivity contribution is 7.80. The maximum atomic E-state index is 12.0. The van der Waals surface area contributed by atoms with Gasteiger partial charge in [-0.2, -0.15) is 0 Å². The fourth-order valence-corrected chi connectivity index (χ4v) is 2.08. The normalized spacial score (nSPS) is 9.86. The predicted molar refractivity (Wildman–Crippen MR) is 88.2 cm³/mol. The first-order valence-electron chi connectivity index (χ1n) is 6.08. The van der Waals surface area contributed by atoms with E-state index >= 15 is 0 Å². The number of nitro groups is 1. The van der Waals surface area contributed by atoms with Crippen LogP contribution in [0.5, 0.6) is 0 Å². The lowest BCUT2D eigenvalue weighted by atomic mass is 10.2. The van der Waals surface area contributed by atoms with Crippen LogP contribution in [0.15, 0.2) is 48.5 Å². The van der Waals surface area contributed by atoms with Crippen molar-refractivity contribution in [3.8, 4) is 0 Å². The van der Waals surface area contributed by atoms with Gasteiger partial charge in [-0.15, -0.1) is 0 Å². The highest BCUT2D eigenvalue weighted by Crippen LogP contribution is 2.16. The Labute approximate surface area is 136 Å². The molecule has 0 aliphatic carbocycles. The SMILES string of the molecule is O=C(NC(=S)Nc1ccc([N+](=O)[O-])cc1)c1ccccc1Cl. The van der Waals surface area contributed by atoms with Crippen LogP contribution in [-0.2, 0) is 0 Å². The minimum absolute atomic E-state index is 0.0310. The topological polar surface area (TPSA) is 84.3 Å². The number of hydrogen-bond donors (Lipinski definition) is 2. The quantitative estimate of drug-likeness (QED) is 0.510. The van der Waals surface area contributed by atoms with E-state index < -0.39 is 10.8 Å². The number of carbonyl (C=O) groups is 1. The second-order valence-electron chi connectivity index (χ2n) is 4.19. The summed E-state index contributed by atoms with van der Waals surface area (Å²) in [6.07, 6.45) is 0. The number of nitrogens with one attached hydrogen (secondary N) is 2. The average Bonchev–Trinajstić information content (AvgIpc) is 2.48. The zero-order valence-electron chi connectivity index (χ0n) is 11.1. The molecule has 0 spiro atoms. The van der Waals surface area contributed by atoms with Crippen molar-refractivity contribution in [1.82, 2.24) is 5.32 Å². The number of nitrogens with zero attached hydrogens (tertiary/aromatic N) is 1. The number of carbonyl (C=O) groups excluding carboxylic acids is 1. The molecule has 2 rings (SSSR count). The van der Waals surface area contributed by atoms with E-state index in [1.54, 1.807) is 24.3 Å². The predicted octanol–water partition coefficient (Wildman–Crippen LogP) is 3.38. The zero-order chi connectivity index (χ0) is 16.1. The number of non-ortho nitro benzene ring substituents is 1. The summed E-state index contributed by atoms with van der Waals surface area (Å²) in [7, 11) is 0. The van der Waals surface area contributed by atoms with Gasteiger partial charge >= 0.3 is 0 Å². The van der Waals surface area contributed by atoms with Crippen molar-refractivity contribution in [3.05, 3.63) is 69.2 Å². The van der Waals surface area contributed by atoms with Crippen molar-refractivity contribution in [2.45, 2.75) is 0 Å². The van der Waals surface area contributed by atoms with Gasteiger partial charge in [0.05, 0.1) is 15.5 Å². The van der Waals surface area contributed by atoms with Crippen LogP contribution in [0.1, 0.15) is 10.4 Å². The number of anilines is 1. The van der Waals surface area contributed by atoms with E-state index in [0.29, 0.717) is 16.3 Å². The van der Waals surface area contributed by atoms with Crippen molar-refractivity contribution >= 4 is 46.2 Å². The molecular formula is C14H10ClN3O3S. The molecule has 0 bridgehead atoms. The molecule has 0 radical (unpaired) electrons. The monoisotopic (exact) mass is 335 g/mol. The van der Waals surface area contributed by atoms with Crippen molar-refractivity contribution < 1.29 is 9.72 Å². The summed E-state index contributed by atoms with van der Waals surface area (Å²) in [6, 6.07) is 12.2. The molecule has 8 heteroatoms. The molecule has 2 aromatic carbocycles. The summed E-state index contributed by atoms with van der Waals surface area (Å²) >= 11 is 10.9. The third kappa shape index (κ3) is 4.00. The molecule has 6 nitrogen and oxygen atoms in total. The average molecular weight is 336 g/mol. The maximum Gasteiger partial charge on any atom is 0.269 e. The van der Waals surface area contributed by atoms with Gasteiger partial charge in [-0.3, -0.25) is 20.2 Å². The fraction of sp³-hybridized carbons (Fsp3) is 0. The van der Waals surface area contributed by atoms with Gasteiger partial charge in [0, 0.05) is 17.8 Å². The summed E-state index contributed by atoms with van der Waals surface area (Å²) in [4.78, 5) is 22.1. The number of benzene rings is 2. The van der Waals surface area contributed by atoms with E-state index in [-0.39, 0.29) is 10.8 Å². The van der Waals surface area contributed by atoms with Crippen LogP contribution in [-0.4, -0.2) is 15.9 Å². The van der Waals surface area contributed by atoms with Gasteiger partial charge in [0.15, 0.2) is 5.11 Å². The van der Waals surface area contributed by atoms with Gasteiger partial charge in [-0.05, 0) is 36.5 Å². The molecule has 112 valence electrons. The second kappa shape index (κ2) is 6.97. The summed E-state index contributed by atoms with van der Waals surface area (Å²) in [5, 5.41) is 16.2. The Kier molecular flexibility index (Phi) is 5.03. The lowest BCUT2D eigenvalue weighted by Gasteiger charge is -2.10. The lowest BCUT2D eigenvalue weighted by Crippen LogP contribution is -2.34. The molecule has 0 atom stereocenters. The first-order chi connectivity index (χ1) is 10.5. The maximum absolute atomic E-state index is 12.0. The van der Waals surface area contributed by atoms with E-state index in [0.717, 1.165) is 0 Å². The first kappa shape index (κ1) is 15.9. The highest BCUT2D eigenvalue weighted by Gasteiger charge is 2.11. The molecule has 0 heterocycles. The Hall–Kier alpha value is -2.51. The fourth-order valence-electron chi connectivity index (χ4n) is 1.64. The van der Waals surface area contributed by atoms with Crippen molar-refractivity contribution in [2.75, 3.05) is 5.32 Å². The summed E-state index contributed by atoms with van der Waals surface area (Å²) in [5.74, 6) is -0.440. The summed E-state index contributed by atoms with van der Waals surface area (Å²) in [5.41, 5.74) is 0.795. The molecule has 0 saturated heterocycles. The van der Waals surface area contributed by atoms with Gasteiger partial charge in [0.25, 0.3) is 11.6 Å². The van der Waals surface area contributed by atoms with Gasteiger partial charge in [-0.25, -0.2) is 0 Å². The number of rotatable bonds is 3. The molecular weight excluding hydrogens is 326 g/mol. The number of nitro benzene ring substituents is 1. The van der Waals surface area contributed by atoms with Crippen LogP contribution in [0, 0.1) is 10.1 Å². The van der Waals surface area contributed by atoms with Crippen LogP contribution in [0.3, 0.4) is 0 Å². The third-order valence-corrected chi connectivity index (χ3v) is 3.22. The van der Waals surface area contributed by atoms with E-state index in [1.165, 1.54) is 24.3 Å². The van der Waals surface area contributed by atoms with Crippen molar-refractivity contribution in [1.29, 1.82) is 0 Å². The zero-order valence-corrected chi connectivity index (χ0v) is 12.6. The number of thiocarbonyl (C=S) groups is 1. The van der Waals surface area contributed by atoms with Crippen molar-refractivity contribution in [3.63, 3.8) is 0 Å². The van der Waals surface area contributed by atoms with Crippen LogP contribution in [0.2, 0.25) is 5.02 Å². The Balaban J connectivity index is 1.99. The largest absolute Gasteiger partial charge is 0.332 e. The Morgan fingerprint density at radius 1 is 1.14 bits per heavy atom. The number of halogens is 1. The molecule has 0 aromatic heterocycles. The standard InChI is InChI=1S/C14H10ClN3O3S/c15-12-4-2-1-3-11(12)13(19)17-14(22)16-9-5-7-10(8-6-9)18(20)21/h1-8H,(H2,16,17,19,22). The minimum Gasteiger partial charge on any atom is -0.332 e. The Bertz CT molecular complexity index is 734. The van der Waals surface area contributed by atoms with Gasteiger partial charge in [-0.1, -0.05) is 23.7 Å². The Morgan fingerprint density at radius 3 is 2.36 bits per heavy atom. The van der Waals surface area contributed by atoms with Crippen LogP contribution in [0.4, 0.5) is 11.4 Å².